The maximum absolute atomic E-state index is 12.1. The number of aliphatic carboxylic acids is 1. The van der Waals surface area contributed by atoms with E-state index in [1.807, 2.05) is 19.1 Å². The fourth-order valence-electron chi connectivity index (χ4n) is 1.58. The first kappa shape index (κ1) is 14.7. The Hall–Kier alpha value is -1.73. The van der Waals surface area contributed by atoms with Crippen LogP contribution < -0.4 is 5.32 Å². The number of thiazole rings is 1. The van der Waals surface area contributed by atoms with Gasteiger partial charge in [-0.05, 0) is 35.0 Å². The van der Waals surface area contributed by atoms with E-state index < -0.39 is 5.97 Å². The molecular weight excluding hydrogens is 344 g/mol. The topological polar surface area (TPSA) is 79.3 Å². The first-order valence-corrected chi connectivity index (χ1v) is 7.36. The van der Waals surface area contributed by atoms with E-state index in [0.717, 1.165) is 5.56 Å². The molecule has 0 unspecified atom stereocenters. The molecule has 0 fully saturated rings. The van der Waals surface area contributed by atoms with Crippen molar-refractivity contribution in [1.29, 1.82) is 0 Å². The monoisotopic (exact) mass is 354 g/mol. The van der Waals surface area contributed by atoms with Crippen molar-refractivity contribution in [3.8, 4) is 0 Å². The minimum atomic E-state index is -0.949. The highest BCUT2D eigenvalue weighted by molar-refractivity contribution is 9.10. The normalized spacial score (nSPS) is 10.3. The number of aromatic nitrogens is 1. The van der Waals surface area contributed by atoms with E-state index in [2.05, 4.69) is 26.2 Å². The Kier molecular flexibility index (Phi) is 4.51. The number of amides is 1. The van der Waals surface area contributed by atoms with Crippen LogP contribution in [0.15, 0.2) is 28.1 Å². The molecule has 0 aliphatic carbocycles. The quantitative estimate of drug-likeness (QED) is 0.883. The molecule has 104 valence electrons. The molecule has 0 saturated carbocycles. The number of hydrogen-bond acceptors (Lipinski definition) is 4. The predicted molar refractivity (Wildman–Crippen MR) is 80.3 cm³/mol. The lowest BCUT2D eigenvalue weighted by molar-refractivity contribution is -0.136. The van der Waals surface area contributed by atoms with Crippen LogP contribution in [-0.2, 0) is 11.2 Å². The minimum absolute atomic E-state index is 0.152. The largest absolute Gasteiger partial charge is 0.481 e. The van der Waals surface area contributed by atoms with Gasteiger partial charge in [0, 0.05) is 9.85 Å². The van der Waals surface area contributed by atoms with E-state index in [9.17, 15) is 9.59 Å². The summed E-state index contributed by atoms with van der Waals surface area (Å²) in [6, 6.07) is 5.47. The van der Waals surface area contributed by atoms with Crippen molar-refractivity contribution < 1.29 is 14.7 Å². The molecule has 0 aliphatic rings. The van der Waals surface area contributed by atoms with Crippen molar-refractivity contribution >= 4 is 44.3 Å². The lowest BCUT2D eigenvalue weighted by Crippen LogP contribution is -2.13. The predicted octanol–water partition coefficient (Wildman–Crippen LogP) is 3.09. The first-order valence-electron chi connectivity index (χ1n) is 5.69. The van der Waals surface area contributed by atoms with Crippen LogP contribution in [0.2, 0.25) is 0 Å². The van der Waals surface area contributed by atoms with Gasteiger partial charge in [0.1, 0.15) is 0 Å². The first-order chi connectivity index (χ1) is 9.45. The minimum Gasteiger partial charge on any atom is -0.481 e. The summed E-state index contributed by atoms with van der Waals surface area (Å²) in [5, 5.41) is 13.3. The highest BCUT2D eigenvalue weighted by Gasteiger charge is 2.13. The maximum Gasteiger partial charge on any atom is 0.309 e. The number of benzene rings is 1. The van der Waals surface area contributed by atoms with E-state index in [4.69, 9.17) is 5.11 Å². The number of carbonyl (C=O) groups excluding carboxylic acids is 1. The van der Waals surface area contributed by atoms with E-state index in [0.29, 0.717) is 20.9 Å². The van der Waals surface area contributed by atoms with Crippen LogP contribution in [0.1, 0.15) is 21.6 Å². The summed E-state index contributed by atoms with van der Waals surface area (Å²) in [7, 11) is 0. The average molecular weight is 355 g/mol. The fourth-order valence-corrected chi connectivity index (χ4v) is 2.71. The van der Waals surface area contributed by atoms with Crippen LogP contribution >= 0.6 is 27.3 Å². The van der Waals surface area contributed by atoms with Gasteiger partial charge in [0.25, 0.3) is 5.91 Å². The van der Waals surface area contributed by atoms with E-state index >= 15 is 0 Å². The van der Waals surface area contributed by atoms with Gasteiger partial charge in [-0.2, -0.15) is 0 Å². The van der Waals surface area contributed by atoms with Gasteiger partial charge in [-0.1, -0.05) is 11.6 Å². The third kappa shape index (κ3) is 3.64. The number of nitrogens with zero attached hydrogens (tertiary/aromatic N) is 1. The van der Waals surface area contributed by atoms with Crippen molar-refractivity contribution in [1.82, 2.24) is 4.98 Å². The van der Waals surface area contributed by atoms with Crippen LogP contribution in [0.3, 0.4) is 0 Å². The second kappa shape index (κ2) is 6.15. The van der Waals surface area contributed by atoms with Crippen molar-refractivity contribution in [2.24, 2.45) is 0 Å². The highest BCUT2D eigenvalue weighted by atomic mass is 79.9. The van der Waals surface area contributed by atoms with Crippen molar-refractivity contribution in [2.75, 3.05) is 5.32 Å². The third-order valence-corrected chi connectivity index (χ3v) is 3.97. The molecule has 2 rings (SSSR count). The summed E-state index contributed by atoms with van der Waals surface area (Å²) in [6.07, 6.45) is -0.152. The Morgan fingerprint density at radius 2 is 2.20 bits per heavy atom. The average Bonchev–Trinajstić information content (AvgIpc) is 2.78. The second-order valence-electron chi connectivity index (χ2n) is 4.15. The highest BCUT2D eigenvalue weighted by Crippen LogP contribution is 2.21. The zero-order valence-electron chi connectivity index (χ0n) is 10.5. The van der Waals surface area contributed by atoms with Gasteiger partial charge in [-0.25, -0.2) is 4.98 Å². The molecule has 0 atom stereocenters. The third-order valence-electron chi connectivity index (χ3n) is 2.47. The Bertz CT molecular complexity index is 669. The van der Waals surface area contributed by atoms with Crippen LogP contribution in [0.25, 0.3) is 0 Å². The molecule has 0 saturated heterocycles. The van der Waals surface area contributed by atoms with E-state index in [1.54, 1.807) is 11.4 Å². The number of carboxylic acid groups (broad SMARTS) is 1. The molecule has 2 aromatic rings. The zero-order valence-corrected chi connectivity index (χ0v) is 12.9. The van der Waals surface area contributed by atoms with Crippen LogP contribution in [0.4, 0.5) is 5.13 Å². The molecule has 0 spiro atoms. The lowest BCUT2D eigenvalue weighted by atomic mass is 10.1. The number of halogens is 1. The van der Waals surface area contributed by atoms with Gasteiger partial charge in [0.2, 0.25) is 0 Å². The number of rotatable bonds is 4. The number of nitrogens with one attached hydrogen (secondary N) is 1. The Morgan fingerprint density at radius 1 is 1.45 bits per heavy atom. The van der Waals surface area contributed by atoms with Gasteiger partial charge in [-0.15, -0.1) is 11.3 Å². The summed E-state index contributed by atoms with van der Waals surface area (Å²) in [5.74, 6) is -1.23. The molecule has 5 nitrogen and oxygen atoms in total. The van der Waals surface area contributed by atoms with Gasteiger partial charge in [-0.3, -0.25) is 14.9 Å². The Labute approximate surface area is 127 Å². The summed E-state index contributed by atoms with van der Waals surface area (Å²) in [5.41, 5.74) is 1.92. The smallest absolute Gasteiger partial charge is 0.309 e. The molecule has 1 amide bonds. The van der Waals surface area contributed by atoms with Gasteiger partial charge in [0.15, 0.2) is 5.13 Å². The number of aryl methyl sites for hydroxylation is 1. The van der Waals surface area contributed by atoms with E-state index in [1.165, 1.54) is 11.3 Å². The van der Waals surface area contributed by atoms with Crippen LogP contribution in [0.5, 0.6) is 0 Å². The van der Waals surface area contributed by atoms with Crippen molar-refractivity contribution in [3.63, 3.8) is 0 Å². The molecule has 2 N–H and O–H groups in total. The fraction of sp³-hybridized carbons (Fsp3) is 0.154. The summed E-state index contributed by atoms with van der Waals surface area (Å²) in [6.45, 7) is 1.90. The molecule has 20 heavy (non-hydrogen) atoms. The van der Waals surface area contributed by atoms with Crippen LogP contribution in [-0.4, -0.2) is 22.0 Å². The second-order valence-corrected chi connectivity index (χ2v) is 5.86. The summed E-state index contributed by atoms with van der Waals surface area (Å²) in [4.78, 5) is 26.8. The van der Waals surface area contributed by atoms with Gasteiger partial charge in [0.05, 0.1) is 17.7 Å². The molecular formula is C13H11BrN2O3S. The number of carbonyl (C=O) groups is 2. The number of anilines is 1. The summed E-state index contributed by atoms with van der Waals surface area (Å²) < 4.78 is 0.697. The molecule has 0 bridgehead atoms. The van der Waals surface area contributed by atoms with E-state index in [-0.39, 0.29) is 12.3 Å². The molecule has 1 aromatic carbocycles. The molecule has 7 heteroatoms. The van der Waals surface area contributed by atoms with Gasteiger partial charge < -0.3 is 5.11 Å². The maximum atomic E-state index is 12.1. The number of carboxylic acids is 1. The number of hydrogen-bond donors (Lipinski definition) is 2. The van der Waals surface area contributed by atoms with Crippen LogP contribution in [0, 0.1) is 6.92 Å². The van der Waals surface area contributed by atoms with Crippen molar-refractivity contribution in [2.45, 2.75) is 13.3 Å². The molecule has 0 aliphatic heterocycles. The lowest BCUT2D eigenvalue weighted by Gasteiger charge is -2.05. The zero-order chi connectivity index (χ0) is 14.7. The molecule has 1 aromatic heterocycles. The SMILES string of the molecule is Cc1ccc(Br)c(C(=O)Nc2nc(CC(=O)O)cs2)c1. The Balaban J connectivity index is 2.13. The summed E-state index contributed by atoms with van der Waals surface area (Å²) >= 11 is 4.53. The molecule has 0 radical (unpaired) electrons. The van der Waals surface area contributed by atoms with Crippen molar-refractivity contribution in [3.05, 3.63) is 44.9 Å². The molecule has 1 heterocycles. The Morgan fingerprint density at radius 3 is 2.90 bits per heavy atom. The van der Waals surface area contributed by atoms with Gasteiger partial charge >= 0.3 is 5.97 Å². The standard InChI is InChI=1S/C13H11BrN2O3S/c1-7-2-3-10(14)9(4-7)12(19)16-13-15-8(6-20-13)5-11(17)18/h2-4,6H,5H2,1H3,(H,17,18)(H,15,16,19).